The zero-order valence-electron chi connectivity index (χ0n) is 18.6. The zero-order valence-corrected chi connectivity index (χ0v) is 21.0. The van der Waals surface area contributed by atoms with Gasteiger partial charge in [-0.1, -0.05) is 30.3 Å². The van der Waals surface area contributed by atoms with Gasteiger partial charge in [-0.3, -0.25) is 9.55 Å². The van der Waals surface area contributed by atoms with Crippen molar-refractivity contribution in [1.82, 2.24) is 23.8 Å². The number of sulfonamides is 1. The molecule has 0 unspecified atom stereocenters. The predicted molar refractivity (Wildman–Crippen MR) is 126 cm³/mol. The fourth-order valence-electron chi connectivity index (χ4n) is 4.14. The molecule has 0 fully saturated rings. The van der Waals surface area contributed by atoms with Crippen LogP contribution in [0.3, 0.4) is 0 Å². The summed E-state index contributed by atoms with van der Waals surface area (Å²) in [7, 11) is -4.82. The number of nitrogens with zero attached hydrogens (tertiary/aromatic N) is 5. The number of hydrogen-bond donors (Lipinski definition) is 0. The summed E-state index contributed by atoms with van der Waals surface area (Å²) in [6.45, 7) is -0.374. The minimum atomic E-state index is -5.20. The first-order valence-electron chi connectivity index (χ1n) is 10.7. The molecule has 0 saturated heterocycles. The summed E-state index contributed by atoms with van der Waals surface area (Å²) in [6, 6.07) is 9.68. The van der Waals surface area contributed by atoms with E-state index >= 15 is 0 Å². The number of benzene rings is 2. The average molecular weight is 598 g/mol. The Balaban J connectivity index is 1.73. The molecule has 8 nitrogen and oxygen atoms in total. The Hall–Kier alpha value is -3.36. The van der Waals surface area contributed by atoms with Crippen LogP contribution in [0, 0.1) is 5.82 Å². The van der Waals surface area contributed by atoms with E-state index in [1.165, 1.54) is 18.6 Å². The van der Waals surface area contributed by atoms with Crippen molar-refractivity contribution in [1.29, 1.82) is 0 Å². The van der Waals surface area contributed by atoms with Crippen molar-refractivity contribution < 1.29 is 30.7 Å². The third-order valence-corrected chi connectivity index (χ3v) is 8.09. The summed E-state index contributed by atoms with van der Waals surface area (Å²) < 4.78 is 88.6. The van der Waals surface area contributed by atoms with Gasteiger partial charge in [0.1, 0.15) is 26.9 Å². The summed E-state index contributed by atoms with van der Waals surface area (Å²) in [5.41, 5.74) is 0.951. The van der Waals surface area contributed by atoms with Crippen LogP contribution in [0.15, 0.2) is 76.6 Å². The van der Waals surface area contributed by atoms with Gasteiger partial charge in [-0.05, 0) is 46.1 Å². The second kappa shape index (κ2) is 9.50. The molecule has 14 heteroatoms. The third kappa shape index (κ3) is 4.95. The fraction of sp³-hybridized carbons (Fsp3) is 0.174. The SMILES string of the molecule is O=S(=O)(c1cc(F)ccc1OC(F)(F)F)N1Cc2nccnc2-n2c(Br)cnc2[C@H]1Cc1ccccc1. The molecule has 0 N–H and O–H groups in total. The minimum Gasteiger partial charge on any atom is -0.404 e. The molecule has 0 radical (unpaired) electrons. The summed E-state index contributed by atoms with van der Waals surface area (Å²) >= 11 is 3.41. The Labute approximate surface area is 216 Å². The Bertz CT molecular complexity index is 1560. The molecule has 0 amide bonds. The number of imidazole rings is 1. The molecule has 1 aliphatic heterocycles. The average Bonchev–Trinajstić information content (AvgIpc) is 3.16. The molecule has 0 saturated carbocycles. The van der Waals surface area contributed by atoms with Crippen LogP contribution < -0.4 is 4.74 Å². The van der Waals surface area contributed by atoms with E-state index in [4.69, 9.17) is 0 Å². The van der Waals surface area contributed by atoms with E-state index in [2.05, 4.69) is 35.6 Å². The molecular weight excluding hydrogens is 582 g/mol. The van der Waals surface area contributed by atoms with Crippen molar-refractivity contribution in [2.24, 2.45) is 0 Å². The van der Waals surface area contributed by atoms with Gasteiger partial charge in [-0.15, -0.1) is 13.2 Å². The van der Waals surface area contributed by atoms with Gasteiger partial charge >= 0.3 is 6.36 Å². The lowest BCUT2D eigenvalue weighted by Gasteiger charge is -2.29. The predicted octanol–water partition coefficient (Wildman–Crippen LogP) is 4.95. The second-order valence-corrected chi connectivity index (χ2v) is 10.7. The minimum absolute atomic E-state index is 0.0995. The highest BCUT2D eigenvalue weighted by Crippen LogP contribution is 2.40. The van der Waals surface area contributed by atoms with E-state index < -0.39 is 38.9 Å². The Kier molecular flexibility index (Phi) is 6.50. The molecule has 0 aliphatic carbocycles. The first-order valence-corrected chi connectivity index (χ1v) is 12.9. The molecule has 3 heterocycles. The number of ether oxygens (including phenoxy) is 1. The number of alkyl halides is 3. The Morgan fingerprint density at radius 2 is 1.78 bits per heavy atom. The van der Waals surface area contributed by atoms with Crippen molar-refractivity contribution in [2.45, 2.75) is 30.3 Å². The molecule has 2 aromatic heterocycles. The van der Waals surface area contributed by atoms with Gasteiger partial charge < -0.3 is 4.74 Å². The Morgan fingerprint density at radius 1 is 1.05 bits per heavy atom. The van der Waals surface area contributed by atoms with Crippen molar-refractivity contribution >= 4 is 26.0 Å². The number of aromatic nitrogens is 4. The fourth-order valence-corrected chi connectivity index (χ4v) is 6.26. The van der Waals surface area contributed by atoms with E-state index in [0.717, 1.165) is 9.87 Å². The Morgan fingerprint density at radius 3 is 2.51 bits per heavy atom. The van der Waals surface area contributed by atoms with Crippen LogP contribution in [-0.2, 0) is 23.0 Å². The lowest BCUT2D eigenvalue weighted by Crippen LogP contribution is -2.36. The van der Waals surface area contributed by atoms with Crippen molar-refractivity contribution in [3.8, 4) is 11.6 Å². The largest absolute Gasteiger partial charge is 0.573 e. The van der Waals surface area contributed by atoms with Gasteiger partial charge in [0.05, 0.1) is 24.5 Å². The lowest BCUT2D eigenvalue weighted by molar-refractivity contribution is -0.275. The quantitative estimate of drug-likeness (QED) is 0.302. The molecular formula is C23H16BrF4N5O3S. The van der Waals surface area contributed by atoms with Crippen LogP contribution in [0.1, 0.15) is 23.1 Å². The van der Waals surface area contributed by atoms with Gasteiger partial charge in [0.25, 0.3) is 0 Å². The van der Waals surface area contributed by atoms with Crippen LogP contribution in [0.4, 0.5) is 17.6 Å². The number of hydrogen-bond acceptors (Lipinski definition) is 6. The normalized spacial score (nSPS) is 16.1. The summed E-state index contributed by atoms with van der Waals surface area (Å²) in [4.78, 5) is 12.0. The van der Waals surface area contributed by atoms with Crippen LogP contribution in [0.2, 0.25) is 0 Å². The van der Waals surface area contributed by atoms with Gasteiger partial charge in [-0.2, -0.15) is 4.31 Å². The first kappa shape index (κ1) is 25.3. The van der Waals surface area contributed by atoms with Crippen LogP contribution >= 0.6 is 15.9 Å². The molecule has 2 aromatic carbocycles. The zero-order chi connectivity index (χ0) is 26.4. The highest BCUT2D eigenvalue weighted by Gasteiger charge is 2.42. The van der Waals surface area contributed by atoms with E-state index in [9.17, 15) is 26.0 Å². The van der Waals surface area contributed by atoms with Crippen molar-refractivity contribution in [3.63, 3.8) is 0 Å². The maximum Gasteiger partial charge on any atom is 0.573 e. The molecule has 0 bridgehead atoms. The van der Waals surface area contributed by atoms with Crippen molar-refractivity contribution in [2.75, 3.05) is 0 Å². The standard InChI is InChI=1S/C23H16BrF4N5O3S/c24-20-12-31-22-17(10-14-4-2-1-3-5-14)32(13-16-21(33(20)22)30-9-8-29-16)37(34,35)19-11-15(25)6-7-18(19)36-23(26,27)28/h1-9,11-12,17H,10,13H2/t17-/m1/s1. The van der Waals surface area contributed by atoms with Crippen LogP contribution in [-0.4, -0.2) is 38.6 Å². The monoisotopic (exact) mass is 597 g/mol. The summed E-state index contributed by atoms with van der Waals surface area (Å²) in [5.74, 6) is -1.57. The number of fused-ring (bicyclic) bond motifs is 3. The number of halogens is 5. The molecule has 5 rings (SSSR count). The first-order chi connectivity index (χ1) is 17.5. The molecule has 4 aromatic rings. The molecule has 0 spiro atoms. The second-order valence-electron chi connectivity index (χ2n) is 8.00. The van der Waals surface area contributed by atoms with Gasteiger partial charge in [-0.25, -0.2) is 22.8 Å². The summed E-state index contributed by atoms with van der Waals surface area (Å²) in [6.07, 6.45) is -0.854. The van der Waals surface area contributed by atoms with Crippen LogP contribution in [0.5, 0.6) is 5.75 Å². The maximum atomic E-state index is 14.2. The highest BCUT2D eigenvalue weighted by molar-refractivity contribution is 9.10. The van der Waals surface area contributed by atoms with Gasteiger partial charge in [0, 0.05) is 12.4 Å². The van der Waals surface area contributed by atoms with Gasteiger partial charge in [0.15, 0.2) is 5.82 Å². The van der Waals surface area contributed by atoms with Crippen molar-refractivity contribution in [3.05, 3.63) is 94.6 Å². The van der Waals surface area contributed by atoms with Crippen LogP contribution in [0.25, 0.3) is 5.82 Å². The van der Waals surface area contributed by atoms with Gasteiger partial charge in [0.2, 0.25) is 10.0 Å². The highest BCUT2D eigenvalue weighted by atomic mass is 79.9. The topological polar surface area (TPSA) is 90.2 Å². The number of rotatable bonds is 5. The van der Waals surface area contributed by atoms with E-state index in [0.29, 0.717) is 28.6 Å². The lowest BCUT2D eigenvalue weighted by atomic mass is 10.1. The molecule has 37 heavy (non-hydrogen) atoms. The van der Waals surface area contributed by atoms with E-state index in [1.54, 1.807) is 34.9 Å². The molecule has 1 atom stereocenters. The maximum absolute atomic E-state index is 14.2. The van der Waals surface area contributed by atoms with E-state index in [-0.39, 0.29) is 24.5 Å². The smallest absolute Gasteiger partial charge is 0.404 e. The van der Waals surface area contributed by atoms with E-state index in [1.807, 2.05) is 0 Å². The summed E-state index contributed by atoms with van der Waals surface area (Å²) in [5, 5.41) is 0. The molecule has 1 aliphatic rings. The molecule has 192 valence electrons. The third-order valence-electron chi connectivity index (χ3n) is 5.65.